The van der Waals surface area contributed by atoms with Crippen molar-refractivity contribution < 1.29 is 14.2 Å². The fourth-order valence-electron chi connectivity index (χ4n) is 3.43. The number of hydrogen-bond donors (Lipinski definition) is 3. The average molecular weight is 449 g/mol. The van der Waals surface area contributed by atoms with E-state index < -0.39 is 18.0 Å². The Kier molecular flexibility index (Phi) is 5.79. The largest absolute Gasteiger partial charge is 0.482 e. The normalized spacial score (nSPS) is 16.8. The Balaban J connectivity index is 1.66. The molecule has 0 saturated carbocycles. The van der Waals surface area contributed by atoms with Crippen LogP contribution >= 0.6 is 23.2 Å². The van der Waals surface area contributed by atoms with Crippen LogP contribution in [0.15, 0.2) is 36.7 Å². The van der Waals surface area contributed by atoms with E-state index in [1.807, 2.05) is 6.07 Å². The van der Waals surface area contributed by atoms with Gasteiger partial charge in [0, 0.05) is 47.2 Å². The molecule has 0 fully saturated rings. The number of benzene rings is 1. The molecule has 0 spiro atoms. The molecule has 1 aromatic carbocycles. The van der Waals surface area contributed by atoms with E-state index in [1.54, 1.807) is 25.4 Å². The number of pyridine rings is 2. The van der Waals surface area contributed by atoms with Gasteiger partial charge in [-0.1, -0.05) is 23.2 Å². The summed E-state index contributed by atoms with van der Waals surface area (Å²) in [5.74, 6) is -0.0909. The minimum atomic E-state index is -0.666. The van der Waals surface area contributed by atoms with Crippen molar-refractivity contribution in [3.8, 4) is 16.9 Å². The zero-order chi connectivity index (χ0) is 21.4. The van der Waals surface area contributed by atoms with E-state index in [2.05, 4.69) is 15.3 Å². The molecule has 1 aliphatic heterocycles. The molecule has 0 radical (unpaired) electrons. The number of rotatable bonds is 4. The molecule has 0 amide bonds. The molecular formula is C21H19Cl2FN4O2. The lowest BCUT2D eigenvalue weighted by Gasteiger charge is -2.22. The van der Waals surface area contributed by atoms with Crippen molar-refractivity contribution in [3.63, 3.8) is 0 Å². The molecule has 2 unspecified atom stereocenters. The summed E-state index contributed by atoms with van der Waals surface area (Å²) in [5.41, 5.74) is 9.44. The van der Waals surface area contributed by atoms with E-state index >= 15 is 0 Å². The molecule has 1 aliphatic rings. The van der Waals surface area contributed by atoms with Gasteiger partial charge in [-0.3, -0.25) is 4.98 Å². The van der Waals surface area contributed by atoms with Gasteiger partial charge in [0.2, 0.25) is 0 Å². The highest BCUT2D eigenvalue weighted by Crippen LogP contribution is 2.37. The number of halogens is 3. The van der Waals surface area contributed by atoms with Gasteiger partial charge in [-0.15, -0.1) is 0 Å². The van der Waals surface area contributed by atoms with Crippen molar-refractivity contribution in [2.75, 3.05) is 12.3 Å². The van der Waals surface area contributed by atoms with Crippen LogP contribution in [0.2, 0.25) is 10.0 Å². The van der Waals surface area contributed by atoms with Crippen molar-refractivity contribution in [1.29, 1.82) is 0 Å². The topological polar surface area (TPSA) is 93.3 Å². The Bertz CT molecular complexity index is 1110. The number of nitrogens with zero attached hydrogens (tertiary/aromatic N) is 2. The summed E-state index contributed by atoms with van der Waals surface area (Å²) in [6, 6.07) is 6.30. The number of aliphatic hydroxyl groups excluding tert-OH is 1. The van der Waals surface area contributed by atoms with Gasteiger partial charge in [-0.2, -0.15) is 0 Å². The number of ether oxygens (including phenoxy) is 1. The maximum Gasteiger partial charge on any atom is 0.166 e. The van der Waals surface area contributed by atoms with Gasteiger partial charge in [0.25, 0.3) is 0 Å². The second kappa shape index (κ2) is 8.35. The van der Waals surface area contributed by atoms with Crippen LogP contribution < -0.4 is 15.8 Å². The lowest BCUT2D eigenvalue weighted by molar-refractivity contribution is 0.160. The van der Waals surface area contributed by atoms with E-state index in [9.17, 15) is 9.50 Å². The lowest BCUT2D eigenvalue weighted by atomic mass is 10.0. The summed E-state index contributed by atoms with van der Waals surface area (Å²) >= 11 is 12.3. The first-order chi connectivity index (χ1) is 14.3. The first kappa shape index (κ1) is 20.8. The summed E-state index contributed by atoms with van der Waals surface area (Å²) in [7, 11) is 0. The molecule has 9 heteroatoms. The third kappa shape index (κ3) is 3.94. The van der Waals surface area contributed by atoms with E-state index in [0.29, 0.717) is 35.1 Å². The monoisotopic (exact) mass is 448 g/mol. The van der Waals surface area contributed by atoms with Gasteiger partial charge >= 0.3 is 0 Å². The second-order valence-electron chi connectivity index (χ2n) is 7.04. The maximum absolute atomic E-state index is 13.9. The predicted octanol–water partition coefficient (Wildman–Crippen LogP) is 4.45. The lowest BCUT2D eigenvalue weighted by Crippen LogP contribution is -2.28. The number of aromatic nitrogens is 2. The Morgan fingerprint density at radius 1 is 1.23 bits per heavy atom. The highest BCUT2D eigenvalue weighted by molar-refractivity contribution is 6.36. The highest BCUT2D eigenvalue weighted by atomic mass is 35.5. The molecule has 0 bridgehead atoms. The molecule has 0 aliphatic carbocycles. The Hall–Kier alpha value is -2.45. The zero-order valence-corrected chi connectivity index (χ0v) is 17.5. The van der Waals surface area contributed by atoms with Crippen LogP contribution in [0.4, 0.5) is 10.2 Å². The van der Waals surface area contributed by atoms with E-state index in [1.165, 1.54) is 12.1 Å². The molecule has 6 nitrogen and oxygen atoms in total. The van der Waals surface area contributed by atoms with Gasteiger partial charge in [-0.25, -0.2) is 9.37 Å². The summed E-state index contributed by atoms with van der Waals surface area (Å²) in [4.78, 5) is 8.62. The molecule has 156 valence electrons. The first-order valence-electron chi connectivity index (χ1n) is 9.28. The summed E-state index contributed by atoms with van der Waals surface area (Å²) < 4.78 is 19.8. The Morgan fingerprint density at radius 2 is 1.97 bits per heavy atom. The fourth-order valence-corrected chi connectivity index (χ4v) is 4.11. The number of aliphatic hydroxyl groups is 1. The van der Waals surface area contributed by atoms with E-state index in [4.69, 9.17) is 33.7 Å². The second-order valence-corrected chi connectivity index (χ2v) is 7.82. The quantitative estimate of drug-likeness (QED) is 0.510. The van der Waals surface area contributed by atoms with Crippen molar-refractivity contribution in [2.24, 2.45) is 0 Å². The highest BCUT2D eigenvalue weighted by Gasteiger charge is 2.22. The molecular weight excluding hydrogens is 430 g/mol. The summed E-state index contributed by atoms with van der Waals surface area (Å²) in [6.45, 7) is 2.79. The first-order valence-corrected chi connectivity index (χ1v) is 10.0. The third-order valence-corrected chi connectivity index (χ3v) is 5.69. The van der Waals surface area contributed by atoms with Crippen molar-refractivity contribution in [1.82, 2.24) is 15.3 Å². The SMILES string of the molecule is CC(Oc1cc(-c2cnc3c(c2)CNCC3O)cnc1N)c1c(Cl)ccc(F)c1Cl. The third-order valence-electron chi connectivity index (χ3n) is 4.98. The molecule has 0 saturated heterocycles. The molecule has 4 N–H and O–H groups in total. The minimum absolute atomic E-state index is 0.0948. The maximum atomic E-state index is 13.9. The van der Waals surface area contributed by atoms with Gasteiger partial charge in [0.15, 0.2) is 11.6 Å². The number of β-amino-alcohol motifs (C(OH)–C–C–N with tert-alkyl or cyclic N) is 1. The van der Waals surface area contributed by atoms with Gasteiger partial charge in [-0.05, 0) is 36.8 Å². The number of anilines is 1. The van der Waals surface area contributed by atoms with Crippen LogP contribution in [0, 0.1) is 5.82 Å². The van der Waals surface area contributed by atoms with Crippen LogP contribution in [0.5, 0.6) is 5.75 Å². The van der Waals surface area contributed by atoms with Crippen LogP contribution in [0.25, 0.3) is 11.1 Å². The Morgan fingerprint density at radius 3 is 2.77 bits per heavy atom. The standard InChI is InChI=1S/C21H19Cl2FN4O2/c1-10(18-14(22)2-3-15(24)19(18)23)30-17-5-12(8-28-21(17)25)11-4-13-6-26-9-16(29)20(13)27-7-11/h2-5,7-8,10,16,26,29H,6,9H2,1H3,(H2,25,28). The molecule has 30 heavy (non-hydrogen) atoms. The number of fused-ring (bicyclic) bond motifs is 1. The number of nitrogens with one attached hydrogen (secondary N) is 1. The predicted molar refractivity (Wildman–Crippen MR) is 114 cm³/mol. The van der Waals surface area contributed by atoms with E-state index in [0.717, 1.165) is 16.7 Å². The zero-order valence-electron chi connectivity index (χ0n) is 16.0. The summed E-state index contributed by atoms with van der Waals surface area (Å²) in [6.07, 6.45) is 1.99. The number of hydrogen-bond acceptors (Lipinski definition) is 6. The van der Waals surface area contributed by atoms with Crippen LogP contribution in [-0.2, 0) is 6.54 Å². The number of nitrogens with two attached hydrogens (primary N) is 1. The van der Waals surface area contributed by atoms with Crippen molar-refractivity contribution in [2.45, 2.75) is 25.7 Å². The fraction of sp³-hybridized carbons (Fsp3) is 0.238. The van der Waals surface area contributed by atoms with Crippen molar-refractivity contribution in [3.05, 3.63) is 69.3 Å². The van der Waals surface area contributed by atoms with E-state index in [-0.39, 0.29) is 10.8 Å². The minimum Gasteiger partial charge on any atom is -0.482 e. The van der Waals surface area contributed by atoms with Crippen LogP contribution in [0.1, 0.15) is 36.0 Å². The smallest absolute Gasteiger partial charge is 0.166 e. The molecule has 2 aromatic heterocycles. The summed E-state index contributed by atoms with van der Waals surface area (Å²) in [5, 5.41) is 13.4. The molecule has 3 aromatic rings. The van der Waals surface area contributed by atoms with Crippen molar-refractivity contribution >= 4 is 29.0 Å². The Labute approximate surface area is 182 Å². The average Bonchev–Trinajstić information content (AvgIpc) is 2.72. The van der Waals surface area contributed by atoms with Gasteiger partial charge in [0.1, 0.15) is 18.0 Å². The van der Waals surface area contributed by atoms with Gasteiger partial charge < -0.3 is 20.9 Å². The molecule has 4 rings (SSSR count). The van der Waals surface area contributed by atoms with Crippen LogP contribution in [0.3, 0.4) is 0 Å². The van der Waals surface area contributed by atoms with Gasteiger partial charge in [0.05, 0.1) is 10.7 Å². The number of nitrogen functional groups attached to an aromatic ring is 1. The molecule has 3 heterocycles. The van der Waals surface area contributed by atoms with Crippen LogP contribution in [-0.4, -0.2) is 21.6 Å². The molecule has 2 atom stereocenters.